The Morgan fingerprint density at radius 1 is 0.976 bits per heavy atom. The highest BCUT2D eigenvalue weighted by Crippen LogP contribution is 2.40. The number of hydrogen-bond donors (Lipinski definition) is 1. The summed E-state index contributed by atoms with van der Waals surface area (Å²) in [6, 6.07) is 21.8. The van der Waals surface area contributed by atoms with Gasteiger partial charge in [0, 0.05) is 31.7 Å². The normalized spacial score (nSPS) is 19.0. The number of nitrogens with zero attached hydrogens (tertiary/aromatic N) is 2. The van der Waals surface area contributed by atoms with Crippen molar-refractivity contribution >= 4 is 17.4 Å². The van der Waals surface area contributed by atoms with Gasteiger partial charge in [-0.3, -0.25) is 14.5 Å². The summed E-state index contributed by atoms with van der Waals surface area (Å²) in [4.78, 5) is 30.7. The molecule has 1 N–H and O–H groups in total. The van der Waals surface area contributed by atoms with Gasteiger partial charge in [-0.05, 0) is 60.4 Å². The van der Waals surface area contributed by atoms with Gasteiger partial charge in [0.2, 0.25) is 0 Å². The van der Waals surface area contributed by atoms with Crippen LogP contribution in [0.5, 0.6) is 11.5 Å². The summed E-state index contributed by atoms with van der Waals surface area (Å²) < 4.78 is 16.7. The molecule has 5 rings (SSSR count). The zero-order valence-corrected chi connectivity index (χ0v) is 23.5. The molecule has 2 heterocycles. The van der Waals surface area contributed by atoms with Crippen molar-refractivity contribution in [3.8, 4) is 11.5 Å². The van der Waals surface area contributed by atoms with Gasteiger partial charge in [-0.1, -0.05) is 42.5 Å². The second-order valence-corrected chi connectivity index (χ2v) is 10.3. The van der Waals surface area contributed by atoms with Gasteiger partial charge in [0.15, 0.2) is 0 Å². The van der Waals surface area contributed by atoms with E-state index in [4.69, 9.17) is 14.2 Å². The number of carbonyl (C=O) groups excluding carboxylic acids is 2. The lowest BCUT2D eigenvalue weighted by Gasteiger charge is -2.29. The number of ether oxygens (including phenoxy) is 3. The molecule has 2 fully saturated rings. The number of Topliss-reactive ketones (excluding diaryl/α,β-unsaturated/α-hetero) is 1. The van der Waals surface area contributed by atoms with E-state index in [1.807, 2.05) is 61.5 Å². The van der Waals surface area contributed by atoms with Gasteiger partial charge in [0.25, 0.3) is 11.7 Å². The maximum absolute atomic E-state index is 13.4. The number of ketones is 1. The van der Waals surface area contributed by atoms with E-state index in [0.29, 0.717) is 49.8 Å². The fourth-order valence-corrected chi connectivity index (χ4v) is 5.42. The van der Waals surface area contributed by atoms with E-state index in [2.05, 4.69) is 4.90 Å². The first kappa shape index (κ1) is 28.4. The first-order valence-corrected chi connectivity index (χ1v) is 14.0. The first-order valence-electron chi connectivity index (χ1n) is 14.0. The average molecular weight is 557 g/mol. The predicted molar refractivity (Wildman–Crippen MR) is 156 cm³/mol. The lowest BCUT2D eigenvalue weighted by atomic mass is 9.94. The number of morpholine rings is 1. The minimum absolute atomic E-state index is 0.0869. The summed E-state index contributed by atoms with van der Waals surface area (Å²) in [7, 11) is 1.58. The Morgan fingerprint density at radius 3 is 2.39 bits per heavy atom. The molecule has 0 saturated carbocycles. The van der Waals surface area contributed by atoms with E-state index in [1.165, 1.54) is 0 Å². The van der Waals surface area contributed by atoms with Crippen molar-refractivity contribution in [2.45, 2.75) is 26.0 Å². The Kier molecular flexibility index (Phi) is 9.01. The summed E-state index contributed by atoms with van der Waals surface area (Å²) in [5.74, 6) is -0.135. The summed E-state index contributed by atoms with van der Waals surface area (Å²) in [5.41, 5.74) is 3.15. The standard InChI is InChI=1S/C33H36N2O6/c1-23-21-26(11-14-28(23)39-2)31(36)29-30(25-9-12-27(13-10-25)41-22-24-7-4-3-5-8-24)35(33(38)32(29)37)16-6-15-34-17-19-40-20-18-34/h3-5,7-14,21,30,36H,6,15-20,22H2,1-2H3/b31-29+. The molecule has 2 aliphatic rings. The van der Waals surface area contributed by atoms with E-state index in [-0.39, 0.29) is 11.3 Å². The lowest BCUT2D eigenvalue weighted by molar-refractivity contribution is -0.140. The van der Waals surface area contributed by atoms with Crippen LogP contribution in [0.15, 0.2) is 78.4 Å². The van der Waals surface area contributed by atoms with Crippen molar-refractivity contribution in [3.63, 3.8) is 0 Å². The third kappa shape index (κ3) is 6.45. The SMILES string of the molecule is COc1ccc(/C(O)=C2\C(=O)C(=O)N(CCCN3CCOCC3)C2c2ccc(OCc3ccccc3)cc2)cc1C. The van der Waals surface area contributed by atoms with Crippen LogP contribution in [0.2, 0.25) is 0 Å². The van der Waals surface area contributed by atoms with Crippen molar-refractivity contribution in [1.82, 2.24) is 9.80 Å². The highest BCUT2D eigenvalue weighted by Gasteiger charge is 2.45. The summed E-state index contributed by atoms with van der Waals surface area (Å²) >= 11 is 0. The van der Waals surface area contributed by atoms with Gasteiger partial charge >= 0.3 is 0 Å². The fourth-order valence-electron chi connectivity index (χ4n) is 5.42. The van der Waals surface area contributed by atoms with Gasteiger partial charge in [0.1, 0.15) is 23.9 Å². The van der Waals surface area contributed by atoms with Crippen LogP contribution in [0.25, 0.3) is 5.76 Å². The smallest absolute Gasteiger partial charge is 0.295 e. The van der Waals surface area contributed by atoms with Crippen LogP contribution >= 0.6 is 0 Å². The molecule has 0 bridgehead atoms. The van der Waals surface area contributed by atoms with Crippen molar-refractivity contribution in [1.29, 1.82) is 0 Å². The zero-order valence-electron chi connectivity index (χ0n) is 23.5. The minimum Gasteiger partial charge on any atom is -0.507 e. The van der Waals surface area contributed by atoms with Gasteiger partial charge in [0.05, 0.1) is 31.9 Å². The molecule has 214 valence electrons. The maximum Gasteiger partial charge on any atom is 0.295 e. The Labute approximate surface area is 240 Å². The van der Waals surface area contributed by atoms with Crippen LogP contribution in [0.3, 0.4) is 0 Å². The van der Waals surface area contributed by atoms with E-state index in [9.17, 15) is 14.7 Å². The lowest BCUT2D eigenvalue weighted by Crippen LogP contribution is -2.38. The Morgan fingerprint density at radius 2 is 1.71 bits per heavy atom. The van der Waals surface area contributed by atoms with Crippen molar-refractivity contribution in [2.75, 3.05) is 46.5 Å². The average Bonchev–Trinajstić information content (AvgIpc) is 3.26. The molecule has 2 aliphatic heterocycles. The monoisotopic (exact) mass is 556 g/mol. The number of methoxy groups -OCH3 is 1. The molecule has 8 heteroatoms. The summed E-state index contributed by atoms with van der Waals surface area (Å²) in [6.45, 7) is 6.57. The number of benzene rings is 3. The molecule has 3 aromatic carbocycles. The quantitative estimate of drug-likeness (QED) is 0.220. The molecular formula is C33H36N2O6. The molecule has 0 aromatic heterocycles. The van der Waals surface area contributed by atoms with Gasteiger partial charge in [-0.25, -0.2) is 0 Å². The van der Waals surface area contributed by atoms with Gasteiger partial charge < -0.3 is 24.2 Å². The molecule has 2 saturated heterocycles. The number of hydrogen-bond acceptors (Lipinski definition) is 7. The molecule has 0 aliphatic carbocycles. The topological polar surface area (TPSA) is 88.5 Å². The van der Waals surface area contributed by atoms with Crippen molar-refractivity contribution < 1.29 is 28.9 Å². The Balaban J connectivity index is 1.43. The Bertz CT molecular complexity index is 1400. The number of aliphatic hydroxyl groups is 1. The predicted octanol–water partition coefficient (Wildman–Crippen LogP) is 4.73. The summed E-state index contributed by atoms with van der Waals surface area (Å²) in [5, 5.41) is 11.4. The van der Waals surface area contributed by atoms with Crippen LogP contribution in [-0.2, 0) is 20.9 Å². The maximum atomic E-state index is 13.4. The number of amides is 1. The minimum atomic E-state index is -0.717. The van der Waals surface area contributed by atoms with Crippen LogP contribution in [-0.4, -0.2) is 73.1 Å². The molecular weight excluding hydrogens is 520 g/mol. The van der Waals surface area contributed by atoms with Gasteiger partial charge in [-0.2, -0.15) is 0 Å². The van der Waals surface area contributed by atoms with E-state index in [1.54, 1.807) is 30.2 Å². The van der Waals surface area contributed by atoms with E-state index < -0.39 is 17.7 Å². The van der Waals surface area contributed by atoms with Crippen LogP contribution in [0, 0.1) is 6.92 Å². The number of aryl methyl sites for hydroxylation is 1. The molecule has 8 nitrogen and oxygen atoms in total. The van der Waals surface area contributed by atoms with Crippen molar-refractivity contribution in [2.24, 2.45) is 0 Å². The fraction of sp³-hybridized carbons (Fsp3) is 0.333. The third-order valence-electron chi connectivity index (χ3n) is 7.63. The molecule has 0 spiro atoms. The van der Waals surface area contributed by atoms with E-state index >= 15 is 0 Å². The number of carbonyl (C=O) groups is 2. The number of aliphatic hydroxyl groups excluding tert-OH is 1. The first-order chi connectivity index (χ1) is 20.0. The molecule has 3 aromatic rings. The molecule has 1 unspecified atom stereocenters. The summed E-state index contributed by atoms with van der Waals surface area (Å²) in [6.07, 6.45) is 0.698. The number of likely N-dealkylation sites (tertiary alicyclic amines) is 1. The highest BCUT2D eigenvalue weighted by atomic mass is 16.5. The van der Waals surface area contributed by atoms with Crippen molar-refractivity contribution in [3.05, 3.63) is 101 Å². The second-order valence-electron chi connectivity index (χ2n) is 10.3. The highest BCUT2D eigenvalue weighted by molar-refractivity contribution is 6.46. The molecule has 41 heavy (non-hydrogen) atoms. The number of rotatable bonds is 10. The largest absolute Gasteiger partial charge is 0.507 e. The third-order valence-corrected chi connectivity index (χ3v) is 7.63. The van der Waals surface area contributed by atoms with Crippen LogP contribution in [0.1, 0.15) is 34.7 Å². The Hall–Kier alpha value is -4.14. The zero-order chi connectivity index (χ0) is 28.8. The van der Waals surface area contributed by atoms with E-state index in [0.717, 1.165) is 36.3 Å². The second kappa shape index (κ2) is 13.0. The molecule has 1 atom stereocenters. The van der Waals surface area contributed by atoms with Crippen LogP contribution in [0.4, 0.5) is 0 Å². The van der Waals surface area contributed by atoms with Gasteiger partial charge in [-0.15, -0.1) is 0 Å². The van der Waals surface area contributed by atoms with Crippen LogP contribution < -0.4 is 9.47 Å². The molecule has 0 radical (unpaired) electrons. The molecule has 1 amide bonds.